The van der Waals surface area contributed by atoms with Crippen molar-refractivity contribution in [3.8, 4) is 5.75 Å². The fraction of sp³-hybridized carbons (Fsp3) is 0.333. The molecule has 1 aliphatic heterocycles. The Morgan fingerprint density at radius 2 is 1.53 bits per heavy atom. The van der Waals surface area contributed by atoms with Crippen LogP contribution in [0.3, 0.4) is 0 Å². The number of nitrogens with zero attached hydrogens (tertiary/aromatic N) is 1. The lowest BCUT2D eigenvalue weighted by atomic mass is 10.1. The van der Waals surface area contributed by atoms with Gasteiger partial charge in [-0.1, -0.05) is 88.3 Å². The van der Waals surface area contributed by atoms with Crippen LogP contribution in [0.2, 0.25) is 0 Å². The molecule has 0 aromatic heterocycles. The third-order valence-corrected chi connectivity index (χ3v) is 6.07. The van der Waals surface area contributed by atoms with Gasteiger partial charge in [0, 0.05) is 5.56 Å². The molecule has 1 heterocycles. The lowest BCUT2D eigenvalue weighted by Crippen LogP contribution is -2.05. The lowest BCUT2D eigenvalue weighted by Gasteiger charge is -2.07. The average Bonchev–Trinajstić information content (AvgIpc) is 3.23. The Balaban J connectivity index is 1.29. The monoisotopic (exact) mass is 455 g/mol. The number of fused-ring (bicyclic) bond motifs is 1. The van der Waals surface area contributed by atoms with Crippen LogP contribution < -0.4 is 4.74 Å². The third-order valence-electron chi connectivity index (χ3n) is 6.07. The number of aliphatic imine (C=N–C) groups is 1. The molecule has 176 valence electrons. The van der Waals surface area contributed by atoms with E-state index in [0.717, 1.165) is 40.7 Å². The van der Waals surface area contributed by atoms with Crippen molar-refractivity contribution in [2.75, 3.05) is 6.61 Å². The Morgan fingerprint density at radius 3 is 2.29 bits per heavy atom. The van der Waals surface area contributed by atoms with Gasteiger partial charge >= 0.3 is 5.97 Å². The minimum absolute atomic E-state index is 0.306. The molecule has 3 aromatic carbocycles. The highest BCUT2D eigenvalue weighted by Gasteiger charge is 2.24. The molecule has 4 rings (SSSR count). The van der Waals surface area contributed by atoms with E-state index in [9.17, 15) is 4.79 Å². The SMILES string of the molecule is CCCCCCCCCCOc1ccc(C2=NC(=Cc3ccc4ccccc4c3)C(=O)O2)cc1. The molecule has 0 saturated carbocycles. The van der Waals surface area contributed by atoms with Gasteiger partial charge in [-0.3, -0.25) is 0 Å². The fourth-order valence-corrected chi connectivity index (χ4v) is 4.11. The Hall–Kier alpha value is -3.40. The molecule has 0 bridgehead atoms. The maximum Gasteiger partial charge on any atom is 0.363 e. The smallest absolute Gasteiger partial charge is 0.363 e. The Kier molecular flexibility index (Phi) is 8.50. The number of unbranched alkanes of at least 4 members (excludes halogenated alkanes) is 7. The summed E-state index contributed by atoms with van der Waals surface area (Å²) in [7, 11) is 0. The van der Waals surface area contributed by atoms with Crippen LogP contribution in [-0.4, -0.2) is 18.5 Å². The number of carbonyl (C=O) groups excluding carboxylic acids is 1. The van der Waals surface area contributed by atoms with E-state index >= 15 is 0 Å². The van der Waals surface area contributed by atoms with Crippen molar-refractivity contribution in [2.45, 2.75) is 58.3 Å². The number of ether oxygens (including phenoxy) is 2. The summed E-state index contributed by atoms with van der Waals surface area (Å²) in [6.45, 7) is 2.97. The largest absolute Gasteiger partial charge is 0.494 e. The van der Waals surface area contributed by atoms with Crippen molar-refractivity contribution in [2.24, 2.45) is 4.99 Å². The molecule has 0 amide bonds. The number of hydrogen-bond donors (Lipinski definition) is 0. The van der Waals surface area contributed by atoms with Crippen LogP contribution in [0, 0.1) is 0 Å². The zero-order valence-corrected chi connectivity index (χ0v) is 20.0. The maximum atomic E-state index is 12.4. The summed E-state index contributed by atoms with van der Waals surface area (Å²) in [5.41, 5.74) is 1.98. The van der Waals surface area contributed by atoms with Gasteiger partial charge in [0.2, 0.25) is 5.90 Å². The van der Waals surface area contributed by atoms with Crippen LogP contribution in [0.4, 0.5) is 0 Å². The van der Waals surface area contributed by atoms with E-state index in [1.165, 1.54) is 44.9 Å². The van der Waals surface area contributed by atoms with E-state index in [4.69, 9.17) is 9.47 Å². The normalized spacial score (nSPS) is 14.4. The number of esters is 1. The molecule has 0 saturated heterocycles. The minimum Gasteiger partial charge on any atom is -0.494 e. The summed E-state index contributed by atoms with van der Waals surface area (Å²) in [6, 6.07) is 21.8. The molecule has 0 aliphatic carbocycles. The molecule has 0 unspecified atom stereocenters. The van der Waals surface area contributed by atoms with Crippen molar-refractivity contribution in [3.63, 3.8) is 0 Å². The second-order valence-electron chi connectivity index (χ2n) is 8.79. The van der Waals surface area contributed by atoms with E-state index < -0.39 is 5.97 Å². The van der Waals surface area contributed by atoms with Gasteiger partial charge in [-0.15, -0.1) is 0 Å². The van der Waals surface area contributed by atoms with Gasteiger partial charge in [-0.05, 0) is 59.2 Å². The van der Waals surface area contributed by atoms with Gasteiger partial charge < -0.3 is 9.47 Å². The summed E-state index contributed by atoms with van der Waals surface area (Å²) in [4.78, 5) is 16.8. The highest BCUT2D eigenvalue weighted by molar-refractivity contribution is 6.13. The average molecular weight is 456 g/mol. The summed E-state index contributed by atoms with van der Waals surface area (Å²) in [6.07, 6.45) is 12.0. The van der Waals surface area contributed by atoms with Gasteiger partial charge in [0.25, 0.3) is 0 Å². The quantitative estimate of drug-likeness (QED) is 0.160. The zero-order valence-electron chi connectivity index (χ0n) is 20.0. The van der Waals surface area contributed by atoms with Crippen LogP contribution in [0.5, 0.6) is 5.75 Å². The predicted octanol–water partition coefficient (Wildman–Crippen LogP) is 7.70. The molecule has 4 heteroatoms. The van der Waals surface area contributed by atoms with E-state index in [-0.39, 0.29) is 0 Å². The van der Waals surface area contributed by atoms with Crippen LogP contribution >= 0.6 is 0 Å². The molecule has 0 atom stereocenters. The van der Waals surface area contributed by atoms with Gasteiger partial charge in [0.05, 0.1) is 6.61 Å². The first-order chi connectivity index (χ1) is 16.7. The van der Waals surface area contributed by atoms with Crippen molar-refractivity contribution < 1.29 is 14.3 Å². The Labute approximate surface area is 202 Å². The van der Waals surface area contributed by atoms with Crippen LogP contribution in [0.25, 0.3) is 16.8 Å². The molecule has 3 aromatic rings. The molecular formula is C30H33NO3. The summed E-state index contributed by atoms with van der Waals surface area (Å²) < 4.78 is 11.3. The van der Waals surface area contributed by atoms with Gasteiger partial charge in [-0.25, -0.2) is 9.79 Å². The third kappa shape index (κ3) is 6.57. The van der Waals surface area contributed by atoms with E-state index in [2.05, 4.69) is 24.0 Å². The van der Waals surface area contributed by atoms with Gasteiger partial charge in [0.1, 0.15) is 5.75 Å². The van der Waals surface area contributed by atoms with E-state index in [1.54, 1.807) is 6.08 Å². The van der Waals surface area contributed by atoms with Crippen LogP contribution in [0.1, 0.15) is 69.4 Å². The topological polar surface area (TPSA) is 47.9 Å². The molecule has 0 N–H and O–H groups in total. The van der Waals surface area contributed by atoms with Crippen molar-refractivity contribution in [3.05, 3.63) is 83.6 Å². The van der Waals surface area contributed by atoms with E-state index in [1.807, 2.05) is 54.6 Å². The Bertz CT molecular complexity index is 1160. The first-order valence-electron chi connectivity index (χ1n) is 12.5. The number of hydrogen-bond acceptors (Lipinski definition) is 4. The molecule has 34 heavy (non-hydrogen) atoms. The van der Waals surface area contributed by atoms with Gasteiger partial charge in [-0.2, -0.15) is 0 Å². The van der Waals surface area contributed by atoms with Crippen molar-refractivity contribution in [1.29, 1.82) is 0 Å². The maximum absolute atomic E-state index is 12.4. The summed E-state index contributed by atoms with van der Waals surface area (Å²) >= 11 is 0. The standard InChI is InChI=1S/C30H33NO3/c1-2-3-4-5-6-7-8-11-20-33-27-18-16-25(17-19-27)29-31-28(30(32)34-29)22-23-14-15-24-12-9-10-13-26(24)21-23/h9-10,12-19,21-22H,2-8,11,20H2,1H3. The molecule has 0 radical (unpaired) electrons. The molecule has 0 spiro atoms. The second-order valence-corrected chi connectivity index (χ2v) is 8.79. The zero-order chi connectivity index (χ0) is 23.6. The second kappa shape index (κ2) is 12.2. The molecular weight excluding hydrogens is 422 g/mol. The molecule has 1 aliphatic rings. The van der Waals surface area contributed by atoms with Crippen LogP contribution in [-0.2, 0) is 9.53 Å². The highest BCUT2D eigenvalue weighted by Crippen LogP contribution is 2.23. The highest BCUT2D eigenvalue weighted by atomic mass is 16.6. The molecule has 4 nitrogen and oxygen atoms in total. The number of rotatable bonds is 12. The number of cyclic esters (lactones) is 1. The van der Waals surface area contributed by atoms with Crippen LogP contribution in [0.15, 0.2) is 77.4 Å². The number of benzene rings is 3. The minimum atomic E-state index is -0.432. The van der Waals surface area contributed by atoms with E-state index in [0.29, 0.717) is 11.6 Å². The summed E-state index contributed by atoms with van der Waals surface area (Å²) in [5, 5.41) is 2.28. The first kappa shape index (κ1) is 23.7. The predicted molar refractivity (Wildman–Crippen MR) is 139 cm³/mol. The van der Waals surface area contributed by atoms with Gasteiger partial charge in [0.15, 0.2) is 5.70 Å². The molecule has 0 fully saturated rings. The van der Waals surface area contributed by atoms with Crippen molar-refractivity contribution >= 4 is 28.7 Å². The fourth-order valence-electron chi connectivity index (χ4n) is 4.11. The first-order valence-corrected chi connectivity index (χ1v) is 12.5. The van der Waals surface area contributed by atoms with Crippen molar-refractivity contribution in [1.82, 2.24) is 0 Å². The number of carbonyl (C=O) groups is 1. The summed E-state index contributed by atoms with van der Waals surface area (Å²) in [5.74, 6) is 0.716. The Morgan fingerprint density at radius 1 is 0.824 bits per heavy atom. The lowest BCUT2D eigenvalue weighted by molar-refractivity contribution is -0.129.